The van der Waals surface area contributed by atoms with Crippen molar-refractivity contribution >= 4 is 37.5 Å². The topological polar surface area (TPSA) is 57.2 Å². The molecule has 2 aliphatic heterocycles. The smallest absolute Gasteiger partial charge is 0.410 e. The zero-order valence-corrected chi connectivity index (χ0v) is 16.7. The summed E-state index contributed by atoms with van der Waals surface area (Å²) in [6, 6.07) is 2.79. The molecule has 1 saturated heterocycles. The van der Waals surface area contributed by atoms with Crippen LogP contribution in [0.2, 0.25) is 0 Å². The average Bonchev–Trinajstić information content (AvgIpc) is 2.58. The monoisotopic (exact) mass is 393 g/mol. The van der Waals surface area contributed by atoms with E-state index >= 15 is 0 Å². The fourth-order valence-electron chi connectivity index (χ4n) is 2.96. The Balaban J connectivity index is 1.65. The molecule has 2 heterocycles. The lowest BCUT2D eigenvalue weighted by atomic mass is 9.41. The molecule has 1 aromatic rings. The Labute approximate surface area is 175 Å². The summed E-state index contributed by atoms with van der Waals surface area (Å²) >= 11 is 0. The van der Waals surface area contributed by atoms with Gasteiger partial charge in [0.05, 0.1) is 0 Å². The first-order valence-electron chi connectivity index (χ1n) is 9.30. The highest BCUT2D eigenvalue weighted by molar-refractivity contribution is 6.53. The van der Waals surface area contributed by atoms with E-state index < -0.39 is 22.2 Å². The third kappa shape index (κ3) is 4.64. The van der Waals surface area contributed by atoms with Crippen molar-refractivity contribution in [1.29, 1.82) is 0 Å². The van der Waals surface area contributed by atoms with Crippen LogP contribution in [-0.2, 0) is 4.74 Å². The largest absolute Gasteiger partial charge is 0.501 e. The van der Waals surface area contributed by atoms with E-state index in [1.807, 2.05) is 20.8 Å². The lowest BCUT2D eigenvalue weighted by Gasteiger charge is -2.48. The number of piperidine rings is 1. The lowest BCUT2D eigenvalue weighted by molar-refractivity contribution is 0.0120. The molecule has 0 aliphatic carbocycles. The fourth-order valence-corrected chi connectivity index (χ4v) is 2.96. The van der Waals surface area contributed by atoms with E-state index in [0.29, 0.717) is 25.9 Å². The van der Waals surface area contributed by atoms with Gasteiger partial charge in [-0.3, -0.25) is 0 Å². The lowest BCUT2D eigenvalue weighted by Crippen LogP contribution is -2.65. The normalized spacial score (nSPS) is 20.8. The molecule has 11 heteroatoms. The maximum atomic E-state index is 14.9. The first-order chi connectivity index (χ1) is 13.3. The molecule has 1 aromatic carbocycles. The number of fused-ring (bicyclic) bond motifs is 1. The van der Waals surface area contributed by atoms with Gasteiger partial charge in [0.25, 0.3) is 0 Å². The van der Waals surface area contributed by atoms with Crippen molar-refractivity contribution in [2.75, 3.05) is 13.1 Å². The van der Waals surface area contributed by atoms with Gasteiger partial charge in [0, 0.05) is 36.7 Å². The summed E-state index contributed by atoms with van der Waals surface area (Å²) in [6.07, 6.45) is 0.351. The molecule has 146 valence electrons. The van der Waals surface area contributed by atoms with Crippen LogP contribution in [0.25, 0.3) is 0 Å². The maximum Gasteiger partial charge on any atom is 0.410 e. The first-order valence-corrected chi connectivity index (χ1v) is 9.30. The van der Waals surface area contributed by atoms with Crippen molar-refractivity contribution in [2.24, 2.45) is 0 Å². The molecule has 0 aromatic heterocycles. The van der Waals surface area contributed by atoms with Gasteiger partial charge in [-0.15, -0.1) is 0 Å². The van der Waals surface area contributed by atoms with Gasteiger partial charge in [-0.25, -0.2) is 4.79 Å². The molecule has 3 rings (SSSR count). The van der Waals surface area contributed by atoms with Crippen LogP contribution >= 0.6 is 0 Å². The van der Waals surface area contributed by atoms with Gasteiger partial charge in [-0.05, 0) is 32.9 Å². The van der Waals surface area contributed by atoms with E-state index in [-0.39, 0.29) is 29.4 Å². The number of amides is 1. The molecule has 0 saturated carbocycles. The highest BCUT2D eigenvalue weighted by Gasteiger charge is 2.44. The van der Waals surface area contributed by atoms with Crippen molar-refractivity contribution in [3.63, 3.8) is 0 Å². The van der Waals surface area contributed by atoms with Gasteiger partial charge in [0.2, 0.25) is 5.82 Å². The minimum absolute atomic E-state index is 0.0360. The van der Waals surface area contributed by atoms with E-state index in [1.165, 1.54) is 12.1 Å². The Kier molecular flexibility index (Phi) is 5.56. The summed E-state index contributed by atoms with van der Waals surface area (Å²) in [7, 11) is 22.7. The van der Waals surface area contributed by atoms with Crippen LogP contribution in [0.5, 0.6) is 17.2 Å². The molecule has 0 N–H and O–H groups in total. The molecule has 0 spiro atoms. The Morgan fingerprint density at radius 2 is 1.72 bits per heavy atom. The number of rotatable bonds is 2. The molecule has 0 atom stereocenters. The Morgan fingerprint density at radius 3 is 2.31 bits per heavy atom. The zero-order chi connectivity index (χ0) is 21.6. The second-order valence-electron chi connectivity index (χ2n) is 8.28. The summed E-state index contributed by atoms with van der Waals surface area (Å²) in [5.74, 6) is -1.25. The van der Waals surface area contributed by atoms with Gasteiger partial charge in [-0.1, -0.05) is 0 Å². The number of carbonyl (C=O) groups excluding carboxylic acids is 1. The summed E-state index contributed by atoms with van der Waals surface area (Å²) in [6.45, 7) is 6.29. The van der Waals surface area contributed by atoms with Gasteiger partial charge in [-0.2, -0.15) is 4.39 Å². The van der Waals surface area contributed by atoms with Crippen LogP contribution in [0.4, 0.5) is 9.18 Å². The van der Waals surface area contributed by atoms with Crippen LogP contribution in [0.15, 0.2) is 12.1 Å². The second-order valence-corrected chi connectivity index (χ2v) is 8.28. The van der Waals surface area contributed by atoms with E-state index in [4.69, 9.17) is 50.3 Å². The number of likely N-dealkylation sites (tertiary alicyclic amines) is 1. The van der Waals surface area contributed by atoms with Crippen molar-refractivity contribution in [3.05, 3.63) is 17.9 Å². The summed E-state index contributed by atoms with van der Waals surface area (Å²) in [4.78, 5) is 13.7. The number of benzene rings is 1. The predicted octanol–water partition coefficient (Wildman–Crippen LogP) is 1.36. The Hall–Kier alpha value is -1.92. The zero-order valence-electron chi connectivity index (χ0n) is 16.7. The summed E-state index contributed by atoms with van der Waals surface area (Å²) < 4.78 is 36.5. The van der Waals surface area contributed by atoms with E-state index in [1.54, 1.807) is 4.90 Å². The molecule has 1 amide bonds. The molecule has 0 bridgehead atoms. The van der Waals surface area contributed by atoms with Crippen LogP contribution in [0.1, 0.15) is 33.6 Å². The highest BCUT2D eigenvalue weighted by Crippen LogP contribution is 2.44. The molecule has 0 unspecified atom stereocenters. The van der Waals surface area contributed by atoms with E-state index in [0.717, 1.165) is 0 Å². The van der Waals surface area contributed by atoms with Crippen LogP contribution in [0, 0.1) is 5.82 Å². The average molecular weight is 393 g/mol. The summed E-state index contributed by atoms with van der Waals surface area (Å²) in [5, 5.41) is -4.18. The minimum Gasteiger partial charge on any atom is -0.501 e. The number of ether oxygens (including phenoxy) is 4. The highest BCUT2D eigenvalue weighted by atomic mass is 19.1. The molecule has 29 heavy (non-hydrogen) atoms. The molecular formula is C18H20B4FNO5. The van der Waals surface area contributed by atoms with Crippen LogP contribution in [0.3, 0.4) is 0 Å². The van der Waals surface area contributed by atoms with Gasteiger partial charge >= 0.3 is 6.09 Å². The van der Waals surface area contributed by atoms with Crippen molar-refractivity contribution in [1.82, 2.24) is 4.90 Å². The number of hydrogen-bond acceptors (Lipinski definition) is 5. The van der Waals surface area contributed by atoms with Gasteiger partial charge < -0.3 is 23.8 Å². The van der Waals surface area contributed by atoms with Crippen molar-refractivity contribution < 1.29 is 28.1 Å². The standard InChI is InChI=1S/C18H20B4FNO5/c1-16(2,3)29-15(25)24-8-6-10(7-9-24)26-11-4-5-12-14(13(11)23)28-18(21,22)17(19,20)27-12/h4-5,10H,6-9H2,1-3H3. The van der Waals surface area contributed by atoms with Crippen molar-refractivity contribution in [2.45, 2.75) is 56.1 Å². The second kappa shape index (κ2) is 7.40. The van der Waals surface area contributed by atoms with E-state index in [2.05, 4.69) is 0 Å². The van der Waals surface area contributed by atoms with Gasteiger partial charge in [0.15, 0.2) is 17.2 Å². The molecule has 2 aliphatic rings. The molecule has 6 nitrogen and oxygen atoms in total. The van der Waals surface area contributed by atoms with Crippen LogP contribution < -0.4 is 14.2 Å². The van der Waals surface area contributed by atoms with Crippen LogP contribution in [-0.4, -0.2) is 78.0 Å². The third-order valence-electron chi connectivity index (χ3n) is 4.57. The Bertz CT molecular complexity index is 791. The number of carbonyl (C=O) groups is 1. The summed E-state index contributed by atoms with van der Waals surface area (Å²) in [5.41, 5.74) is -0.565. The predicted molar refractivity (Wildman–Crippen MR) is 108 cm³/mol. The SMILES string of the molecule is [B]C1([B])Oc2ccc(OC3CCN(C(=O)OC(C)(C)C)CC3)c(F)c2OC1([B])[B]. The number of hydrogen-bond donors (Lipinski definition) is 0. The van der Waals surface area contributed by atoms with Crippen molar-refractivity contribution in [3.8, 4) is 17.2 Å². The Morgan fingerprint density at radius 1 is 1.14 bits per heavy atom. The molecule has 1 fully saturated rings. The fraction of sp³-hybridized carbons (Fsp3) is 0.611. The minimum atomic E-state index is -2.14. The number of nitrogens with zero attached hydrogens (tertiary/aromatic N) is 1. The quantitative estimate of drug-likeness (QED) is 0.711. The van der Waals surface area contributed by atoms with Gasteiger partial charge in [0.1, 0.15) is 43.1 Å². The maximum absolute atomic E-state index is 14.9. The number of halogens is 1. The third-order valence-corrected chi connectivity index (χ3v) is 4.57. The first kappa shape index (κ1) is 21.8. The molecule has 8 radical (unpaired) electrons. The molecular weight excluding hydrogens is 372 g/mol. The van der Waals surface area contributed by atoms with E-state index in [9.17, 15) is 9.18 Å².